The number of rotatable bonds is 7. The molecule has 0 aliphatic carbocycles. The highest BCUT2D eigenvalue weighted by Crippen LogP contribution is 2.40. The normalized spacial score (nSPS) is 17.8. The summed E-state index contributed by atoms with van der Waals surface area (Å²) in [7, 11) is 5.19. The molecule has 1 fully saturated rings. The van der Waals surface area contributed by atoms with Crippen molar-refractivity contribution < 1.29 is 24.4 Å². The Kier molecular flexibility index (Phi) is 6.59. The Morgan fingerprint density at radius 1 is 1.22 bits per heavy atom. The third-order valence-electron chi connectivity index (χ3n) is 5.39. The van der Waals surface area contributed by atoms with Crippen LogP contribution in [-0.4, -0.2) is 65.8 Å². The summed E-state index contributed by atoms with van der Waals surface area (Å²) < 4.78 is 5.25. The highest BCUT2D eigenvalue weighted by molar-refractivity contribution is 6.46. The van der Waals surface area contributed by atoms with Gasteiger partial charge in [-0.3, -0.25) is 19.7 Å². The summed E-state index contributed by atoms with van der Waals surface area (Å²) in [5, 5.41) is 22.4. The van der Waals surface area contributed by atoms with Crippen LogP contribution in [0.4, 0.5) is 5.69 Å². The Morgan fingerprint density at radius 2 is 1.94 bits per heavy atom. The zero-order chi connectivity index (χ0) is 23.6. The molecule has 168 valence electrons. The lowest BCUT2D eigenvalue weighted by atomic mass is 9.94. The maximum absolute atomic E-state index is 13.0. The lowest BCUT2D eigenvalue weighted by Crippen LogP contribution is -2.35. The second-order valence-corrected chi connectivity index (χ2v) is 7.83. The van der Waals surface area contributed by atoms with E-state index in [4.69, 9.17) is 4.74 Å². The molecular weight excluding hydrogens is 414 g/mol. The van der Waals surface area contributed by atoms with E-state index in [9.17, 15) is 24.8 Å². The van der Waals surface area contributed by atoms with Gasteiger partial charge in [-0.15, -0.1) is 0 Å². The van der Waals surface area contributed by atoms with E-state index in [0.29, 0.717) is 23.4 Å². The van der Waals surface area contributed by atoms with Crippen molar-refractivity contribution in [3.05, 3.63) is 74.8 Å². The molecule has 1 saturated heterocycles. The summed E-state index contributed by atoms with van der Waals surface area (Å²) in [4.78, 5) is 39.9. The first-order chi connectivity index (χ1) is 15.1. The van der Waals surface area contributed by atoms with E-state index >= 15 is 0 Å². The molecule has 0 saturated carbocycles. The minimum atomic E-state index is -0.947. The van der Waals surface area contributed by atoms with Crippen LogP contribution in [0.5, 0.6) is 5.75 Å². The summed E-state index contributed by atoms with van der Waals surface area (Å²) >= 11 is 0. The topological polar surface area (TPSA) is 113 Å². The number of ketones is 1. The van der Waals surface area contributed by atoms with Gasteiger partial charge in [0.15, 0.2) is 0 Å². The molecule has 1 heterocycles. The number of non-ortho nitro benzene ring substituents is 1. The number of carbonyl (C=O) groups is 2. The Bertz CT molecular complexity index is 1110. The molecule has 1 atom stereocenters. The number of aliphatic hydroxyl groups excluding tert-OH is 1. The summed E-state index contributed by atoms with van der Waals surface area (Å²) in [6.07, 6.45) is 0. The molecule has 1 amide bonds. The number of likely N-dealkylation sites (tertiary alicyclic amines) is 1. The fourth-order valence-electron chi connectivity index (χ4n) is 3.75. The van der Waals surface area contributed by atoms with Gasteiger partial charge in [0.1, 0.15) is 11.5 Å². The van der Waals surface area contributed by atoms with Crippen LogP contribution in [0, 0.1) is 17.0 Å². The molecule has 32 heavy (non-hydrogen) atoms. The molecule has 0 radical (unpaired) electrons. The van der Waals surface area contributed by atoms with Crippen molar-refractivity contribution in [2.45, 2.75) is 13.0 Å². The molecule has 0 spiro atoms. The number of carbonyl (C=O) groups excluding carboxylic acids is 2. The lowest BCUT2D eigenvalue weighted by molar-refractivity contribution is -0.384. The predicted octanol–water partition coefficient (Wildman–Crippen LogP) is 2.90. The monoisotopic (exact) mass is 439 g/mol. The minimum absolute atomic E-state index is 0.0983. The van der Waals surface area contributed by atoms with Crippen molar-refractivity contribution in [2.24, 2.45) is 0 Å². The number of nitrogens with zero attached hydrogens (tertiary/aromatic N) is 3. The van der Waals surface area contributed by atoms with Gasteiger partial charge in [0.05, 0.1) is 23.6 Å². The van der Waals surface area contributed by atoms with E-state index in [0.717, 1.165) is 5.56 Å². The molecule has 1 N–H and O–H groups in total. The minimum Gasteiger partial charge on any atom is -0.507 e. The zero-order valence-electron chi connectivity index (χ0n) is 18.4. The largest absolute Gasteiger partial charge is 0.507 e. The number of likely N-dealkylation sites (N-methyl/N-ethyl adjacent to an activating group) is 1. The smallest absolute Gasteiger partial charge is 0.295 e. The summed E-state index contributed by atoms with van der Waals surface area (Å²) in [5.41, 5.74) is 1.21. The number of aryl methyl sites for hydroxylation is 1. The van der Waals surface area contributed by atoms with Crippen LogP contribution < -0.4 is 4.74 Å². The Balaban J connectivity index is 2.19. The van der Waals surface area contributed by atoms with Gasteiger partial charge in [-0.25, -0.2) is 0 Å². The van der Waals surface area contributed by atoms with Crippen molar-refractivity contribution in [2.75, 3.05) is 34.3 Å². The standard InChI is InChI=1S/C23H25N3O6/c1-14-12-16(8-9-18(14)32-4)21(27)19-20(15-6-5-7-17(13-15)26(30)31)25(11-10-24(2)3)23(29)22(19)28/h5-9,12-13,20,27H,10-11H2,1-4H3/b21-19+/t20-/m0/s1. The van der Waals surface area contributed by atoms with E-state index < -0.39 is 22.7 Å². The number of ether oxygens (including phenoxy) is 1. The summed E-state index contributed by atoms with van der Waals surface area (Å²) in [5.74, 6) is -1.30. The van der Waals surface area contributed by atoms with Crippen LogP contribution in [0.25, 0.3) is 5.76 Å². The Morgan fingerprint density at radius 3 is 2.53 bits per heavy atom. The molecule has 3 rings (SSSR count). The van der Waals surface area contributed by atoms with Gasteiger partial charge in [-0.2, -0.15) is 0 Å². The quantitative estimate of drug-likeness (QED) is 0.232. The third kappa shape index (κ3) is 4.33. The summed E-state index contributed by atoms with van der Waals surface area (Å²) in [6, 6.07) is 9.74. The Hall–Kier alpha value is -3.72. The molecule has 0 aromatic heterocycles. The number of nitro groups is 1. The fraction of sp³-hybridized carbons (Fsp3) is 0.304. The number of Topliss-reactive ketones (excluding diaryl/α,β-unsaturated/α-hetero) is 1. The van der Waals surface area contributed by atoms with Crippen LogP contribution >= 0.6 is 0 Å². The van der Waals surface area contributed by atoms with Crippen LogP contribution in [0.2, 0.25) is 0 Å². The van der Waals surface area contributed by atoms with Crippen LogP contribution in [0.15, 0.2) is 48.0 Å². The first kappa shape index (κ1) is 23.0. The van der Waals surface area contributed by atoms with E-state index in [1.807, 2.05) is 19.0 Å². The zero-order valence-corrected chi connectivity index (χ0v) is 18.4. The van der Waals surface area contributed by atoms with Gasteiger partial charge >= 0.3 is 0 Å². The third-order valence-corrected chi connectivity index (χ3v) is 5.39. The van der Waals surface area contributed by atoms with Gasteiger partial charge in [0, 0.05) is 30.8 Å². The van der Waals surface area contributed by atoms with Crippen molar-refractivity contribution in [1.29, 1.82) is 0 Å². The molecule has 0 unspecified atom stereocenters. The van der Waals surface area contributed by atoms with Gasteiger partial charge in [-0.1, -0.05) is 12.1 Å². The molecule has 0 bridgehead atoms. The number of aliphatic hydroxyl groups is 1. The first-order valence-corrected chi connectivity index (χ1v) is 9.98. The maximum Gasteiger partial charge on any atom is 0.295 e. The first-order valence-electron chi connectivity index (χ1n) is 9.98. The van der Waals surface area contributed by atoms with Crippen LogP contribution in [-0.2, 0) is 9.59 Å². The van der Waals surface area contributed by atoms with E-state index in [-0.39, 0.29) is 23.6 Å². The molecule has 1 aliphatic rings. The Labute approximate surface area is 185 Å². The number of nitro benzene ring substituents is 1. The summed E-state index contributed by atoms with van der Waals surface area (Å²) in [6.45, 7) is 2.48. The molecular formula is C23H25N3O6. The van der Waals surface area contributed by atoms with Gasteiger partial charge in [0.25, 0.3) is 17.4 Å². The second kappa shape index (κ2) is 9.19. The second-order valence-electron chi connectivity index (χ2n) is 7.83. The van der Waals surface area contributed by atoms with Crippen molar-refractivity contribution in [1.82, 2.24) is 9.80 Å². The van der Waals surface area contributed by atoms with E-state index in [1.54, 1.807) is 31.2 Å². The highest BCUT2D eigenvalue weighted by Gasteiger charge is 2.46. The number of benzene rings is 2. The van der Waals surface area contributed by atoms with E-state index in [2.05, 4.69) is 0 Å². The number of hydrogen-bond acceptors (Lipinski definition) is 7. The number of methoxy groups -OCH3 is 1. The maximum atomic E-state index is 13.0. The van der Waals surface area contributed by atoms with E-state index in [1.165, 1.54) is 30.2 Å². The lowest BCUT2D eigenvalue weighted by Gasteiger charge is -2.26. The van der Waals surface area contributed by atoms with Crippen LogP contribution in [0.3, 0.4) is 0 Å². The molecule has 1 aliphatic heterocycles. The average Bonchev–Trinajstić information content (AvgIpc) is 3.01. The van der Waals surface area contributed by atoms with Crippen molar-refractivity contribution >= 4 is 23.1 Å². The fourth-order valence-corrected chi connectivity index (χ4v) is 3.75. The van der Waals surface area contributed by atoms with Crippen molar-refractivity contribution in [3.8, 4) is 5.75 Å². The number of amides is 1. The average molecular weight is 439 g/mol. The molecule has 2 aromatic carbocycles. The van der Waals surface area contributed by atoms with Crippen molar-refractivity contribution in [3.63, 3.8) is 0 Å². The molecule has 9 nitrogen and oxygen atoms in total. The number of hydrogen-bond donors (Lipinski definition) is 1. The van der Waals surface area contributed by atoms with Gasteiger partial charge in [-0.05, 0) is 50.3 Å². The van der Waals surface area contributed by atoms with Crippen LogP contribution in [0.1, 0.15) is 22.7 Å². The molecule has 9 heteroatoms. The van der Waals surface area contributed by atoms with Gasteiger partial charge in [0.2, 0.25) is 0 Å². The predicted molar refractivity (Wildman–Crippen MR) is 118 cm³/mol. The van der Waals surface area contributed by atoms with Gasteiger partial charge < -0.3 is 19.6 Å². The SMILES string of the molecule is COc1ccc(/C(O)=C2\C(=O)C(=O)N(CCN(C)C)[C@H]2c2cccc([N+](=O)[O-])c2)cc1C. The molecule has 2 aromatic rings. The highest BCUT2D eigenvalue weighted by atomic mass is 16.6.